The lowest BCUT2D eigenvalue weighted by molar-refractivity contribution is 0.0599. The first-order chi connectivity index (χ1) is 14.2. The number of amidine groups is 1. The predicted octanol–water partition coefficient (Wildman–Crippen LogP) is 2.17. The Kier molecular flexibility index (Phi) is 6.82. The van der Waals surface area contributed by atoms with Crippen molar-refractivity contribution in [2.24, 2.45) is 10.8 Å². The number of nitrogens with two attached hydrogens (primary N) is 1. The highest BCUT2D eigenvalue weighted by Crippen LogP contribution is 2.33. The van der Waals surface area contributed by atoms with Crippen molar-refractivity contribution in [2.45, 2.75) is 13.8 Å². The number of esters is 2. The van der Waals surface area contributed by atoms with Gasteiger partial charge in [0.1, 0.15) is 6.07 Å². The van der Waals surface area contributed by atoms with Crippen LogP contribution in [0.2, 0.25) is 0 Å². The molecule has 0 amide bonds. The summed E-state index contributed by atoms with van der Waals surface area (Å²) in [6, 6.07) is 8.27. The van der Waals surface area contributed by atoms with Gasteiger partial charge in [-0.05, 0) is 31.5 Å². The summed E-state index contributed by atoms with van der Waals surface area (Å²) in [5, 5.41) is 19.9. The number of hydrogen-bond donors (Lipinski definition) is 3. The number of carbonyl (C=O) groups is 2. The fraction of sp³-hybridized carbons (Fsp3) is 0.200. The molecule has 0 saturated carbocycles. The highest BCUT2D eigenvalue weighted by Gasteiger charge is 2.27. The summed E-state index contributed by atoms with van der Waals surface area (Å²) >= 11 is 0. The Morgan fingerprint density at radius 3 is 2.00 bits per heavy atom. The number of ether oxygens (including phenoxy) is 2. The third-order valence-electron chi connectivity index (χ3n) is 4.17. The van der Waals surface area contributed by atoms with Crippen molar-refractivity contribution < 1.29 is 19.1 Å². The summed E-state index contributed by atoms with van der Waals surface area (Å²) < 4.78 is 9.77. The van der Waals surface area contributed by atoms with E-state index < -0.39 is 17.8 Å². The summed E-state index contributed by atoms with van der Waals surface area (Å²) in [4.78, 5) is 29.2. The van der Waals surface area contributed by atoms with E-state index in [1.54, 1.807) is 44.2 Å². The highest BCUT2D eigenvalue weighted by atomic mass is 16.5. The summed E-state index contributed by atoms with van der Waals surface area (Å²) in [5.74, 6) is -1.73. The van der Waals surface area contributed by atoms with Gasteiger partial charge in [-0.2, -0.15) is 10.4 Å². The zero-order valence-electron chi connectivity index (χ0n) is 16.9. The number of pyridine rings is 1. The number of nitrogens with one attached hydrogen (secondary N) is 2. The Bertz CT molecular complexity index is 1040. The third kappa shape index (κ3) is 4.41. The normalized spacial score (nSPS) is 10.7. The molecule has 2 rings (SSSR count). The van der Waals surface area contributed by atoms with Crippen LogP contribution in [0.15, 0.2) is 29.4 Å². The van der Waals surface area contributed by atoms with Crippen LogP contribution in [-0.2, 0) is 9.47 Å². The van der Waals surface area contributed by atoms with Crippen molar-refractivity contribution in [1.82, 2.24) is 4.98 Å². The molecule has 1 aromatic heterocycles. The fourth-order valence-electron chi connectivity index (χ4n) is 2.82. The van der Waals surface area contributed by atoms with E-state index >= 15 is 0 Å². The third-order valence-corrected chi connectivity index (χ3v) is 4.17. The minimum absolute atomic E-state index is 0.158. The molecule has 1 heterocycles. The van der Waals surface area contributed by atoms with Crippen molar-refractivity contribution in [2.75, 3.05) is 19.6 Å². The van der Waals surface area contributed by atoms with E-state index in [0.717, 1.165) is 0 Å². The predicted molar refractivity (Wildman–Crippen MR) is 110 cm³/mol. The second-order valence-electron chi connectivity index (χ2n) is 6.07. The van der Waals surface area contributed by atoms with Crippen LogP contribution in [0.25, 0.3) is 11.1 Å². The van der Waals surface area contributed by atoms with E-state index in [0.29, 0.717) is 28.2 Å². The van der Waals surface area contributed by atoms with Gasteiger partial charge in [0.15, 0.2) is 5.84 Å². The lowest BCUT2D eigenvalue weighted by Gasteiger charge is -2.17. The minimum Gasteiger partial charge on any atom is -0.465 e. The molecule has 4 N–H and O–H groups in total. The number of nitrogens with zero attached hydrogens (tertiary/aromatic N) is 3. The van der Waals surface area contributed by atoms with Gasteiger partial charge in [-0.25, -0.2) is 9.59 Å². The zero-order valence-corrected chi connectivity index (χ0v) is 16.9. The van der Waals surface area contributed by atoms with Gasteiger partial charge in [-0.1, -0.05) is 12.1 Å². The van der Waals surface area contributed by atoms with E-state index in [1.165, 1.54) is 14.2 Å². The van der Waals surface area contributed by atoms with Crippen LogP contribution in [0.5, 0.6) is 0 Å². The van der Waals surface area contributed by atoms with Crippen molar-refractivity contribution >= 4 is 29.2 Å². The van der Waals surface area contributed by atoms with E-state index in [4.69, 9.17) is 25.9 Å². The Balaban J connectivity index is 2.62. The Hall–Kier alpha value is -4.26. The second kappa shape index (κ2) is 9.29. The van der Waals surface area contributed by atoms with Gasteiger partial charge in [0, 0.05) is 5.56 Å². The number of hydrazone groups is 1. The minimum atomic E-state index is -0.632. The van der Waals surface area contributed by atoms with Crippen LogP contribution in [0.3, 0.4) is 0 Å². The van der Waals surface area contributed by atoms with Gasteiger partial charge < -0.3 is 15.2 Å². The van der Waals surface area contributed by atoms with Gasteiger partial charge >= 0.3 is 11.9 Å². The molecule has 0 radical (unpaired) electrons. The number of hydrogen-bond acceptors (Lipinski definition) is 9. The van der Waals surface area contributed by atoms with Crippen LogP contribution >= 0.6 is 0 Å². The topological polar surface area (TPSA) is 164 Å². The largest absolute Gasteiger partial charge is 0.465 e. The highest BCUT2D eigenvalue weighted by molar-refractivity contribution is 6.45. The number of aryl methyl sites for hydroxylation is 2. The molecule has 30 heavy (non-hydrogen) atoms. The maximum atomic E-state index is 12.4. The van der Waals surface area contributed by atoms with Crippen molar-refractivity contribution in [3.8, 4) is 17.2 Å². The van der Waals surface area contributed by atoms with E-state index in [9.17, 15) is 9.59 Å². The Morgan fingerprint density at radius 1 is 1.10 bits per heavy atom. The first-order valence-corrected chi connectivity index (χ1v) is 8.61. The summed E-state index contributed by atoms with van der Waals surface area (Å²) in [5.41, 5.74) is 10.1. The summed E-state index contributed by atoms with van der Waals surface area (Å²) in [7, 11) is 2.49. The lowest BCUT2D eigenvalue weighted by Crippen LogP contribution is -2.21. The molecule has 0 bridgehead atoms. The molecule has 0 spiro atoms. The standard InChI is InChI=1S/C20H20N6O4/c1-10-15(19(27)29-3)17(16(11(2)24-10)20(28)30-4)12-5-7-13(8-6-12)25-26-14(9-21)18(22)23/h5-8,25H,1-4H3,(H3,22,23)/b26-14+. The second-order valence-corrected chi connectivity index (χ2v) is 6.07. The molecule has 0 aliphatic carbocycles. The van der Waals surface area contributed by atoms with Crippen LogP contribution < -0.4 is 11.2 Å². The summed E-state index contributed by atoms with van der Waals surface area (Å²) in [6.07, 6.45) is 0. The van der Waals surface area contributed by atoms with Crippen molar-refractivity contribution in [1.29, 1.82) is 10.7 Å². The molecule has 0 aliphatic rings. The van der Waals surface area contributed by atoms with Crippen LogP contribution in [0.4, 0.5) is 5.69 Å². The van der Waals surface area contributed by atoms with E-state index in [1.807, 2.05) is 0 Å². The maximum Gasteiger partial charge on any atom is 0.340 e. The van der Waals surface area contributed by atoms with Gasteiger partial charge in [0.25, 0.3) is 0 Å². The molecule has 154 valence electrons. The van der Waals surface area contributed by atoms with Crippen LogP contribution in [0, 0.1) is 30.6 Å². The molecule has 0 atom stereocenters. The van der Waals surface area contributed by atoms with Crippen LogP contribution in [0.1, 0.15) is 32.1 Å². The average molecular weight is 408 g/mol. The molecule has 10 nitrogen and oxygen atoms in total. The zero-order chi connectivity index (χ0) is 22.4. The molecule has 10 heteroatoms. The number of rotatable bonds is 6. The number of carbonyl (C=O) groups excluding carboxylic acids is 2. The SMILES string of the molecule is COC(=O)c1c(C)nc(C)c(C(=O)OC)c1-c1ccc(N/N=C(\C#N)C(=N)N)cc1. The van der Waals surface area contributed by atoms with E-state index in [2.05, 4.69) is 15.5 Å². The number of methoxy groups -OCH3 is 2. The first-order valence-electron chi connectivity index (χ1n) is 8.61. The molecule has 2 aromatic rings. The van der Waals surface area contributed by atoms with Gasteiger partial charge in [-0.15, -0.1) is 0 Å². The molecule has 0 saturated heterocycles. The smallest absolute Gasteiger partial charge is 0.340 e. The van der Waals surface area contributed by atoms with Gasteiger partial charge in [0.2, 0.25) is 5.71 Å². The monoisotopic (exact) mass is 408 g/mol. The number of anilines is 1. The number of aromatic nitrogens is 1. The van der Waals surface area contributed by atoms with Crippen LogP contribution in [-0.4, -0.2) is 42.7 Å². The fourth-order valence-corrected chi connectivity index (χ4v) is 2.82. The first kappa shape index (κ1) is 22.0. The Labute approximate surface area is 172 Å². The maximum absolute atomic E-state index is 12.4. The molecule has 0 fully saturated rings. The molecule has 0 aliphatic heterocycles. The molecular formula is C20H20N6O4. The van der Waals surface area contributed by atoms with Gasteiger partial charge in [-0.3, -0.25) is 15.8 Å². The molecule has 0 unspecified atom stereocenters. The lowest BCUT2D eigenvalue weighted by atomic mass is 9.92. The van der Waals surface area contributed by atoms with Crippen molar-refractivity contribution in [3.05, 3.63) is 46.8 Å². The molecule has 1 aromatic carbocycles. The van der Waals surface area contributed by atoms with E-state index in [-0.39, 0.29) is 16.8 Å². The summed E-state index contributed by atoms with van der Waals surface area (Å²) in [6.45, 7) is 3.30. The van der Waals surface area contributed by atoms with Crippen molar-refractivity contribution in [3.63, 3.8) is 0 Å². The molecular weight excluding hydrogens is 388 g/mol. The number of benzene rings is 1. The van der Waals surface area contributed by atoms with Gasteiger partial charge in [0.05, 0.1) is 42.4 Å². The quantitative estimate of drug-likeness (QED) is 0.283. The Morgan fingerprint density at radius 2 is 1.60 bits per heavy atom. The number of nitriles is 1. The average Bonchev–Trinajstić information content (AvgIpc) is 2.73.